The highest BCUT2D eigenvalue weighted by atomic mass is 32.2. The highest BCUT2D eigenvalue weighted by molar-refractivity contribution is 7.99. The Hall–Kier alpha value is -1.37. The van der Waals surface area contributed by atoms with E-state index in [0.29, 0.717) is 6.10 Å². The molecule has 0 saturated carbocycles. The third-order valence-corrected chi connectivity index (χ3v) is 6.42. The molecule has 2 aromatic rings. The van der Waals surface area contributed by atoms with E-state index in [-0.39, 0.29) is 5.41 Å². The summed E-state index contributed by atoms with van der Waals surface area (Å²) < 4.78 is 8.08. The molecule has 28 heavy (non-hydrogen) atoms. The van der Waals surface area contributed by atoms with Crippen LogP contribution in [-0.2, 0) is 17.2 Å². The molecule has 0 aliphatic carbocycles. The molecule has 0 spiro atoms. The SMILES string of the molecule is CC(C)C[NH+]1CCO[C@@H](CSc2nnc(-c3ccc(C(C)(C)C)cc3)n2C)C1. The van der Waals surface area contributed by atoms with Gasteiger partial charge in [-0.25, -0.2) is 0 Å². The maximum absolute atomic E-state index is 5.99. The summed E-state index contributed by atoms with van der Waals surface area (Å²) in [6.45, 7) is 15.6. The number of hydrogen-bond acceptors (Lipinski definition) is 4. The number of hydrogen-bond donors (Lipinski definition) is 1. The van der Waals surface area contributed by atoms with E-state index in [4.69, 9.17) is 4.74 Å². The van der Waals surface area contributed by atoms with Crippen LogP contribution in [0.25, 0.3) is 11.4 Å². The van der Waals surface area contributed by atoms with Crippen LogP contribution in [0.4, 0.5) is 0 Å². The van der Waals surface area contributed by atoms with E-state index in [1.54, 1.807) is 16.7 Å². The third kappa shape index (κ3) is 5.37. The molecule has 154 valence electrons. The van der Waals surface area contributed by atoms with E-state index in [1.807, 2.05) is 7.05 Å². The molecule has 1 aliphatic heterocycles. The molecule has 1 aromatic heterocycles. The van der Waals surface area contributed by atoms with Gasteiger partial charge in [-0.1, -0.05) is 70.6 Å². The Balaban J connectivity index is 1.62. The first-order chi connectivity index (χ1) is 13.2. The minimum atomic E-state index is 0.158. The predicted octanol–water partition coefficient (Wildman–Crippen LogP) is 2.81. The van der Waals surface area contributed by atoms with Crippen LogP contribution in [0.3, 0.4) is 0 Å². The normalized spacial score (nSPS) is 20.7. The van der Waals surface area contributed by atoms with Gasteiger partial charge in [-0.3, -0.25) is 0 Å². The molecule has 2 atom stereocenters. The van der Waals surface area contributed by atoms with E-state index >= 15 is 0 Å². The van der Waals surface area contributed by atoms with Crippen LogP contribution < -0.4 is 4.90 Å². The van der Waals surface area contributed by atoms with Gasteiger partial charge in [-0.2, -0.15) is 0 Å². The van der Waals surface area contributed by atoms with E-state index in [2.05, 4.69) is 73.6 Å². The molecule has 0 radical (unpaired) electrons. The molecule has 1 aromatic carbocycles. The summed E-state index contributed by atoms with van der Waals surface area (Å²) >= 11 is 1.75. The van der Waals surface area contributed by atoms with Crippen LogP contribution in [0.2, 0.25) is 0 Å². The van der Waals surface area contributed by atoms with Crippen LogP contribution in [0, 0.1) is 5.92 Å². The number of thioether (sulfide) groups is 1. The van der Waals surface area contributed by atoms with Gasteiger partial charge in [-0.05, 0) is 11.0 Å². The molecule has 1 saturated heterocycles. The Kier molecular flexibility index (Phi) is 6.84. The summed E-state index contributed by atoms with van der Waals surface area (Å²) in [5.74, 6) is 2.57. The zero-order valence-corrected chi connectivity index (χ0v) is 19.0. The highest BCUT2D eigenvalue weighted by Crippen LogP contribution is 2.27. The first-order valence-corrected chi connectivity index (χ1v) is 11.3. The van der Waals surface area contributed by atoms with E-state index in [0.717, 1.165) is 47.9 Å². The quantitative estimate of drug-likeness (QED) is 0.754. The topological polar surface area (TPSA) is 44.4 Å². The Morgan fingerprint density at radius 3 is 2.57 bits per heavy atom. The van der Waals surface area contributed by atoms with Gasteiger partial charge in [0, 0.05) is 24.3 Å². The molecule has 0 bridgehead atoms. The van der Waals surface area contributed by atoms with Crippen LogP contribution in [0.1, 0.15) is 40.2 Å². The fourth-order valence-electron chi connectivity index (χ4n) is 3.70. The molecule has 1 aliphatic rings. The standard InChI is InChI=1S/C22H34N4OS/c1-16(2)13-26-11-12-27-19(14-26)15-28-21-24-23-20(25(21)6)17-7-9-18(10-8-17)22(3,4)5/h7-10,16,19H,11-15H2,1-6H3/p+1/t19-/m1/s1. The molecule has 2 heterocycles. The summed E-state index contributed by atoms with van der Waals surface area (Å²) in [6.07, 6.45) is 0.290. The molecular formula is C22H35N4OS+. The third-order valence-electron chi connectivity index (χ3n) is 5.26. The molecule has 1 N–H and O–H groups in total. The van der Waals surface area contributed by atoms with Crippen LogP contribution >= 0.6 is 11.8 Å². The van der Waals surface area contributed by atoms with Crippen molar-refractivity contribution in [1.29, 1.82) is 0 Å². The number of quaternary nitrogens is 1. The molecule has 0 amide bonds. The maximum atomic E-state index is 5.99. The Morgan fingerprint density at radius 2 is 1.93 bits per heavy atom. The number of benzene rings is 1. The number of aromatic nitrogens is 3. The second kappa shape index (κ2) is 8.97. The first-order valence-electron chi connectivity index (χ1n) is 10.3. The fraction of sp³-hybridized carbons (Fsp3) is 0.636. The number of nitrogens with one attached hydrogen (secondary N) is 1. The summed E-state index contributed by atoms with van der Waals surface area (Å²) in [7, 11) is 2.05. The van der Waals surface area contributed by atoms with Crippen LogP contribution in [0.15, 0.2) is 29.4 Å². The van der Waals surface area contributed by atoms with Crippen molar-refractivity contribution in [2.24, 2.45) is 13.0 Å². The second-order valence-corrected chi connectivity index (χ2v) is 10.3. The molecule has 3 rings (SSSR count). The lowest BCUT2D eigenvalue weighted by Crippen LogP contribution is -3.15. The summed E-state index contributed by atoms with van der Waals surface area (Å²) in [6, 6.07) is 8.68. The summed E-state index contributed by atoms with van der Waals surface area (Å²) in [4.78, 5) is 1.66. The van der Waals surface area contributed by atoms with Crippen molar-refractivity contribution in [1.82, 2.24) is 14.8 Å². The lowest BCUT2D eigenvalue weighted by Gasteiger charge is -2.30. The zero-order chi connectivity index (χ0) is 20.3. The minimum Gasteiger partial charge on any atom is -0.366 e. The minimum absolute atomic E-state index is 0.158. The highest BCUT2D eigenvalue weighted by Gasteiger charge is 2.25. The number of nitrogens with zero attached hydrogens (tertiary/aromatic N) is 3. The molecular weight excluding hydrogens is 368 g/mol. The molecule has 6 heteroatoms. The summed E-state index contributed by atoms with van der Waals surface area (Å²) in [5, 5.41) is 9.82. The lowest BCUT2D eigenvalue weighted by molar-refractivity contribution is -0.914. The van der Waals surface area contributed by atoms with Gasteiger partial charge in [0.25, 0.3) is 0 Å². The zero-order valence-electron chi connectivity index (χ0n) is 18.2. The fourth-order valence-corrected chi connectivity index (χ4v) is 4.63. The number of morpholine rings is 1. The second-order valence-electron chi connectivity index (χ2n) is 9.30. The molecule has 5 nitrogen and oxygen atoms in total. The average molecular weight is 404 g/mol. The Morgan fingerprint density at radius 1 is 1.21 bits per heavy atom. The van der Waals surface area contributed by atoms with Gasteiger partial charge in [0.1, 0.15) is 19.2 Å². The van der Waals surface area contributed by atoms with Gasteiger partial charge in [-0.15, -0.1) is 10.2 Å². The Bertz CT molecular complexity index is 764. The van der Waals surface area contributed by atoms with Crippen molar-refractivity contribution in [2.75, 3.05) is 32.0 Å². The van der Waals surface area contributed by atoms with E-state index < -0.39 is 0 Å². The van der Waals surface area contributed by atoms with E-state index in [9.17, 15) is 0 Å². The predicted molar refractivity (Wildman–Crippen MR) is 116 cm³/mol. The smallest absolute Gasteiger partial charge is 0.191 e. The van der Waals surface area contributed by atoms with Gasteiger partial charge in [0.05, 0.1) is 13.2 Å². The average Bonchev–Trinajstić information content (AvgIpc) is 3.00. The van der Waals surface area contributed by atoms with Crippen molar-refractivity contribution in [3.05, 3.63) is 29.8 Å². The van der Waals surface area contributed by atoms with Gasteiger partial charge < -0.3 is 14.2 Å². The number of ether oxygens (including phenoxy) is 1. The van der Waals surface area contributed by atoms with Crippen LogP contribution in [0.5, 0.6) is 0 Å². The van der Waals surface area contributed by atoms with Crippen molar-refractivity contribution in [2.45, 2.75) is 51.3 Å². The molecule has 1 unspecified atom stereocenters. The van der Waals surface area contributed by atoms with Gasteiger partial charge in [0.15, 0.2) is 11.0 Å². The Labute approximate surface area is 173 Å². The first kappa shape index (κ1) is 21.3. The van der Waals surface area contributed by atoms with Gasteiger partial charge >= 0.3 is 0 Å². The van der Waals surface area contributed by atoms with Crippen LogP contribution in [-0.4, -0.2) is 52.9 Å². The van der Waals surface area contributed by atoms with Crippen molar-refractivity contribution in [3.63, 3.8) is 0 Å². The molecule has 1 fully saturated rings. The lowest BCUT2D eigenvalue weighted by atomic mass is 9.87. The number of rotatable bonds is 6. The van der Waals surface area contributed by atoms with Crippen molar-refractivity contribution in [3.8, 4) is 11.4 Å². The maximum Gasteiger partial charge on any atom is 0.191 e. The largest absolute Gasteiger partial charge is 0.366 e. The summed E-state index contributed by atoms with van der Waals surface area (Å²) in [5.41, 5.74) is 2.59. The monoisotopic (exact) mass is 403 g/mol. The van der Waals surface area contributed by atoms with Gasteiger partial charge in [0.2, 0.25) is 0 Å². The van der Waals surface area contributed by atoms with Crippen molar-refractivity contribution < 1.29 is 9.64 Å². The van der Waals surface area contributed by atoms with Crippen molar-refractivity contribution >= 4 is 11.8 Å². The van der Waals surface area contributed by atoms with E-state index in [1.165, 1.54) is 12.1 Å².